The Labute approximate surface area is 139 Å². The van der Waals surface area contributed by atoms with Gasteiger partial charge >= 0.3 is 0 Å². The van der Waals surface area contributed by atoms with Crippen molar-refractivity contribution in [2.75, 3.05) is 7.11 Å². The molecule has 0 aliphatic rings. The lowest BCUT2D eigenvalue weighted by Gasteiger charge is -2.10. The number of ether oxygens (including phenoxy) is 1. The second-order valence-electron chi connectivity index (χ2n) is 5.65. The van der Waals surface area contributed by atoms with Crippen molar-refractivity contribution in [2.45, 2.75) is 19.8 Å². The second-order valence-corrected chi connectivity index (χ2v) is 6.51. The van der Waals surface area contributed by atoms with Crippen molar-refractivity contribution >= 4 is 26.8 Å². The van der Waals surface area contributed by atoms with Crippen LogP contribution in [0.4, 0.5) is 0 Å². The van der Waals surface area contributed by atoms with Gasteiger partial charge in [-0.25, -0.2) is 4.98 Å². The van der Waals surface area contributed by atoms with E-state index in [4.69, 9.17) is 9.72 Å². The first-order valence-electron chi connectivity index (χ1n) is 7.33. The lowest BCUT2D eigenvalue weighted by molar-refractivity contribution is 0.415. The minimum atomic E-state index is 0.502. The summed E-state index contributed by atoms with van der Waals surface area (Å²) in [5.41, 5.74) is 4.37. The molecule has 0 aliphatic carbocycles. The van der Waals surface area contributed by atoms with Crippen molar-refractivity contribution in [3.63, 3.8) is 0 Å². The number of fused-ring (bicyclic) bond motifs is 1. The third-order valence-corrected chi connectivity index (χ3v) is 4.43. The number of pyridine rings is 1. The minimum Gasteiger partial charge on any atom is -0.497 e. The first-order valence-corrected chi connectivity index (χ1v) is 8.12. The maximum atomic E-state index is 5.20. The summed E-state index contributed by atoms with van der Waals surface area (Å²) in [6.07, 6.45) is 0. The Bertz CT molecular complexity index is 810. The largest absolute Gasteiger partial charge is 0.497 e. The SMILES string of the molecule is COc1ccc(-c2ccc3cc(C(C)C)cc(Br)c3n2)cc1. The van der Waals surface area contributed by atoms with Crippen molar-refractivity contribution < 1.29 is 4.74 Å². The van der Waals surface area contributed by atoms with Gasteiger partial charge in [0.1, 0.15) is 5.75 Å². The van der Waals surface area contributed by atoms with Gasteiger partial charge in [0.05, 0.1) is 18.3 Å². The lowest BCUT2D eigenvalue weighted by atomic mass is 10.0. The molecule has 0 atom stereocenters. The van der Waals surface area contributed by atoms with Crippen LogP contribution in [0.15, 0.2) is 53.0 Å². The van der Waals surface area contributed by atoms with Crippen LogP contribution in [0.5, 0.6) is 5.75 Å². The standard InChI is InChI=1S/C19H18BrNO/c1-12(2)15-10-14-6-9-18(21-19(14)17(20)11-15)13-4-7-16(22-3)8-5-13/h4-12H,1-3H3. The molecular weight excluding hydrogens is 338 g/mol. The highest BCUT2D eigenvalue weighted by Crippen LogP contribution is 2.30. The van der Waals surface area contributed by atoms with Crippen LogP contribution in [0.25, 0.3) is 22.2 Å². The number of hydrogen-bond acceptors (Lipinski definition) is 2. The van der Waals surface area contributed by atoms with Crippen molar-refractivity contribution in [3.05, 3.63) is 58.6 Å². The molecule has 1 heterocycles. The van der Waals surface area contributed by atoms with Gasteiger partial charge in [-0.15, -0.1) is 0 Å². The van der Waals surface area contributed by atoms with Crippen LogP contribution < -0.4 is 4.74 Å². The third kappa shape index (κ3) is 2.86. The number of rotatable bonds is 3. The predicted octanol–water partition coefficient (Wildman–Crippen LogP) is 5.80. The van der Waals surface area contributed by atoms with Crippen LogP contribution in [0.2, 0.25) is 0 Å². The molecule has 1 aromatic heterocycles. The lowest BCUT2D eigenvalue weighted by Crippen LogP contribution is -1.91. The quantitative estimate of drug-likeness (QED) is 0.592. The molecule has 0 N–H and O–H groups in total. The summed E-state index contributed by atoms with van der Waals surface area (Å²) in [4.78, 5) is 4.81. The summed E-state index contributed by atoms with van der Waals surface area (Å²) >= 11 is 3.66. The number of nitrogens with zero attached hydrogens (tertiary/aromatic N) is 1. The van der Waals surface area contributed by atoms with Gasteiger partial charge < -0.3 is 4.74 Å². The number of benzene rings is 2. The second kappa shape index (κ2) is 6.09. The molecule has 0 fully saturated rings. The van der Waals surface area contributed by atoms with Crippen LogP contribution in [0, 0.1) is 0 Å². The molecular formula is C19H18BrNO. The average molecular weight is 356 g/mol. The van der Waals surface area contributed by atoms with E-state index in [1.807, 2.05) is 24.3 Å². The van der Waals surface area contributed by atoms with Gasteiger partial charge in [0.2, 0.25) is 0 Å². The van der Waals surface area contributed by atoms with E-state index in [1.165, 1.54) is 5.56 Å². The van der Waals surface area contributed by atoms with Gasteiger partial charge in [0.15, 0.2) is 0 Å². The van der Waals surface area contributed by atoms with E-state index in [0.717, 1.165) is 32.4 Å². The van der Waals surface area contributed by atoms with Crippen molar-refractivity contribution in [3.8, 4) is 17.0 Å². The average Bonchev–Trinajstić information content (AvgIpc) is 2.54. The molecule has 0 aliphatic heterocycles. The van der Waals surface area contributed by atoms with Crippen molar-refractivity contribution in [1.82, 2.24) is 4.98 Å². The van der Waals surface area contributed by atoms with Crippen LogP contribution in [-0.4, -0.2) is 12.1 Å². The monoisotopic (exact) mass is 355 g/mol. The Hall–Kier alpha value is -1.87. The van der Waals surface area contributed by atoms with E-state index in [1.54, 1.807) is 7.11 Å². The fourth-order valence-corrected chi connectivity index (χ4v) is 3.05. The van der Waals surface area contributed by atoms with Gasteiger partial charge in [0, 0.05) is 15.4 Å². The molecule has 0 spiro atoms. The maximum Gasteiger partial charge on any atom is 0.118 e. The van der Waals surface area contributed by atoms with E-state index < -0.39 is 0 Å². The molecule has 2 aromatic carbocycles. The highest BCUT2D eigenvalue weighted by atomic mass is 79.9. The van der Waals surface area contributed by atoms with Gasteiger partial charge in [0.25, 0.3) is 0 Å². The van der Waals surface area contributed by atoms with E-state index >= 15 is 0 Å². The Morgan fingerprint density at radius 2 is 1.73 bits per heavy atom. The number of halogens is 1. The van der Waals surface area contributed by atoms with Crippen LogP contribution >= 0.6 is 15.9 Å². The predicted molar refractivity (Wildman–Crippen MR) is 95.5 cm³/mol. The fraction of sp³-hybridized carbons (Fsp3) is 0.211. The van der Waals surface area contributed by atoms with E-state index in [0.29, 0.717) is 5.92 Å². The molecule has 2 nitrogen and oxygen atoms in total. The Kier molecular flexibility index (Phi) is 4.16. The summed E-state index contributed by atoms with van der Waals surface area (Å²) in [5.74, 6) is 1.36. The summed E-state index contributed by atoms with van der Waals surface area (Å²) in [5, 5.41) is 1.16. The van der Waals surface area contributed by atoms with Crippen molar-refractivity contribution in [2.24, 2.45) is 0 Å². The first-order chi connectivity index (χ1) is 10.6. The fourth-order valence-electron chi connectivity index (χ4n) is 2.47. The number of aromatic nitrogens is 1. The van der Waals surface area contributed by atoms with Crippen LogP contribution in [0.1, 0.15) is 25.3 Å². The normalized spacial score (nSPS) is 11.1. The Balaban J connectivity index is 2.09. The number of methoxy groups -OCH3 is 1. The topological polar surface area (TPSA) is 22.1 Å². The van der Waals surface area contributed by atoms with E-state index in [2.05, 4.69) is 54.0 Å². The van der Waals surface area contributed by atoms with Gasteiger partial charge in [-0.1, -0.05) is 19.9 Å². The molecule has 0 radical (unpaired) electrons. The molecule has 0 saturated carbocycles. The molecule has 3 rings (SSSR count). The smallest absolute Gasteiger partial charge is 0.118 e. The van der Waals surface area contributed by atoms with Gasteiger partial charge in [-0.05, 0) is 69.9 Å². The zero-order valence-corrected chi connectivity index (χ0v) is 14.5. The maximum absolute atomic E-state index is 5.20. The Morgan fingerprint density at radius 1 is 1.00 bits per heavy atom. The van der Waals surface area contributed by atoms with E-state index in [9.17, 15) is 0 Å². The summed E-state index contributed by atoms with van der Waals surface area (Å²) < 4.78 is 6.25. The zero-order valence-electron chi connectivity index (χ0n) is 12.9. The highest BCUT2D eigenvalue weighted by Gasteiger charge is 2.08. The zero-order chi connectivity index (χ0) is 15.7. The van der Waals surface area contributed by atoms with Gasteiger partial charge in [-0.3, -0.25) is 0 Å². The summed E-state index contributed by atoms with van der Waals surface area (Å²) in [6.45, 7) is 4.40. The van der Waals surface area contributed by atoms with Crippen LogP contribution in [-0.2, 0) is 0 Å². The summed E-state index contributed by atoms with van der Waals surface area (Å²) in [7, 11) is 1.67. The van der Waals surface area contributed by atoms with Crippen molar-refractivity contribution in [1.29, 1.82) is 0 Å². The molecule has 3 aromatic rings. The van der Waals surface area contributed by atoms with Crippen LogP contribution in [0.3, 0.4) is 0 Å². The first kappa shape index (κ1) is 15.0. The minimum absolute atomic E-state index is 0.502. The van der Waals surface area contributed by atoms with E-state index in [-0.39, 0.29) is 0 Å². The third-order valence-electron chi connectivity index (χ3n) is 3.82. The molecule has 22 heavy (non-hydrogen) atoms. The number of hydrogen-bond donors (Lipinski definition) is 0. The molecule has 0 unspecified atom stereocenters. The molecule has 3 heteroatoms. The summed E-state index contributed by atoms with van der Waals surface area (Å²) in [6, 6.07) is 16.6. The molecule has 112 valence electrons. The van der Waals surface area contributed by atoms with Gasteiger partial charge in [-0.2, -0.15) is 0 Å². The highest BCUT2D eigenvalue weighted by molar-refractivity contribution is 9.10. The molecule has 0 bridgehead atoms. The molecule has 0 saturated heterocycles. The molecule has 0 amide bonds. The Morgan fingerprint density at radius 3 is 2.36 bits per heavy atom.